The van der Waals surface area contributed by atoms with Gasteiger partial charge in [-0.25, -0.2) is 0 Å². The fourth-order valence-electron chi connectivity index (χ4n) is 2.67. The van der Waals surface area contributed by atoms with E-state index in [1.807, 2.05) is 6.92 Å². The molecule has 1 saturated heterocycles. The number of carbonyl (C=O) groups excluding carboxylic acids is 1. The standard InChI is InChI=1S/C14H24O3/c1-3-4-5-6-9-16-13(15)14(2)8-7-11-12(10-14)17-11/h11-12H,3-10H2,1-2H3. The molecule has 1 saturated carbocycles. The molecular formula is C14H24O3. The maximum atomic E-state index is 12.0. The summed E-state index contributed by atoms with van der Waals surface area (Å²) in [6.07, 6.45) is 8.17. The molecule has 3 unspecified atom stereocenters. The average molecular weight is 240 g/mol. The second-order valence-electron chi connectivity index (χ2n) is 5.71. The minimum atomic E-state index is -0.289. The minimum absolute atomic E-state index is 0.0112. The van der Waals surface area contributed by atoms with Crippen LogP contribution >= 0.6 is 0 Å². The summed E-state index contributed by atoms with van der Waals surface area (Å²) in [5.74, 6) is -0.0112. The molecule has 0 radical (unpaired) electrons. The van der Waals surface area contributed by atoms with Gasteiger partial charge in [0.2, 0.25) is 0 Å². The van der Waals surface area contributed by atoms with Crippen molar-refractivity contribution in [3.8, 4) is 0 Å². The summed E-state index contributed by atoms with van der Waals surface area (Å²) in [6.45, 7) is 4.80. The van der Waals surface area contributed by atoms with Gasteiger partial charge in [0.15, 0.2) is 0 Å². The number of hydrogen-bond donors (Lipinski definition) is 0. The Morgan fingerprint density at radius 1 is 1.35 bits per heavy atom. The number of epoxide rings is 1. The molecule has 17 heavy (non-hydrogen) atoms. The predicted octanol–water partition coefficient (Wildman–Crippen LogP) is 3.07. The lowest BCUT2D eigenvalue weighted by Gasteiger charge is -2.28. The molecule has 0 spiro atoms. The highest BCUT2D eigenvalue weighted by Gasteiger charge is 2.52. The molecule has 0 amide bonds. The fraction of sp³-hybridized carbons (Fsp3) is 0.929. The molecule has 2 fully saturated rings. The van der Waals surface area contributed by atoms with Crippen LogP contribution in [0, 0.1) is 5.41 Å². The monoisotopic (exact) mass is 240 g/mol. The van der Waals surface area contributed by atoms with Crippen molar-refractivity contribution in [1.82, 2.24) is 0 Å². The third-order valence-corrected chi connectivity index (χ3v) is 4.04. The maximum Gasteiger partial charge on any atom is 0.311 e. The molecule has 2 aliphatic rings. The molecular weight excluding hydrogens is 216 g/mol. The highest BCUT2D eigenvalue weighted by Crippen LogP contribution is 2.46. The number of ether oxygens (including phenoxy) is 2. The van der Waals surface area contributed by atoms with Crippen LogP contribution in [0.15, 0.2) is 0 Å². The van der Waals surface area contributed by atoms with Crippen LogP contribution in [0.4, 0.5) is 0 Å². The van der Waals surface area contributed by atoms with Gasteiger partial charge in [-0.15, -0.1) is 0 Å². The van der Waals surface area contributed by atoms with Crippen LogP contribution in [0.25, 0.3) is 0 Å². The zero-order valence-electron chi connectivity index (χ0n) is 11.0. The molecule has 0 bridgehead atoms. The van der Waals surface area contributed by atoms with Crippen LogP contribution in [0.5, 0.6) is 0 Å². The van der Waals surface area contributed by atoms with E-state index in [1.54, 1.807) is 0 Å². The highest BCUT2D eigenvalue weighted by molar-refractivity contribution is 5.76. The third-order valence-electron chi connectivity index (χ3n) is 4.04. The van der Waals surface area contributed by atoms with Crippen molar-refractivity contribution in [3.05, 3.63) is 0 Å². The van der Waals surface area contributed by atoms with Crippen molar-refractivity contribution in [1.29, 1.82) is 0 Å². The first-order valence-corrected chi connectivity index (χ1v) is 6.98. The van der Waals surface area contributed by atoms with E-state index >= 15 is 0 Å². The van der Waals surface area contributed by atoms with Gasteiger partial charge in [-0.05, 0) is 32.6 Å². The molecule has 2 rings (SSSR count). The summed E-state index contributed by atoms with van der Waals surface area (Å²) in [5.41, 5.74) is -0.289. The van der Waals surface area contributed by atoms with Gasteiger partial charge in [0.1, 0.15) is 0 Å². The summed E-state index contributed by atoms with van der Waals surface area (Å²) in [5, 5.41) is 0. The minimum Gasteiger partial charge on any atom is -0.465 e. The summed E-state index contributed by atoms with van der Waals surface area (Å²) < 4.78 is 10.9. The molecule has 0 aromatic rings. The van der Waals surface area contributed by atoms with Gasteiger partial charge in [-0.1, -0.05) is 26.2 Å². The van der Waals surface area contributed by atoms with Gasteiger partial charge in [0.05, 0.1) is 24.2 Å². The molecule has 3 atom stereocenters. The topological polar surface area (TPSA) is 38.8 Å². The largest absolute Gasteiger partial charge is 0.465 e. The molecule has 98 valence electrons. The van der Waals surface area contributed by atoms with E-state index in [9.17, 15) is 4.79 Å². The zero-order chi connectivity index (χ0) is 12.3. The molecule has 0 aromatic heterocycles. The average Bonchev–Trinajstić information content (AvgIpc) is 3.06. The first kappa shape index (κ1) is 12.9. The van der Waals surface area contributed by atoms with Gasteiger partial charge < -0.3 is 9.47 Å². The molecule has 0 N–H and O–H groups in total. The smallest absolute Gasteiger partial charge is 0.311 e. The van der Waals surface area contributed by atoms with E-state index in [2.05, 4.69) is 6.92 Å². The SMILES string of the molecule is CCCCCCOC(=O)C1(C)CCC2OC2C1. The zero-order valence-corrected chi connectivity index (χ0v) is 11.0. The van der Waals surface area contributed by atoms with Crippen molar-refractivity contribution < 1.29 is 14.3 Å². The van der Waals surface area contributed by atoms with E-state index in [-0.39, 0.29) is 11.4 Å². The normalized spacial score (nSPS) is 35.2. The Hall–Kier alpha value is -0.570. The Labute approximate surface area is 104 Å². The molecule has 3 heteroatoms. The van der Waals surface area contributed by atoms with Crippen LogP contribution in [0.2, 0.25) is 0 Å². The van der Waals surface area contributed by atoms with Crippen LogP contribution in [-0.4, -0.2) is 24.8 Å². The molecule has 0 aromatic carbocycles. The summed E-state index contributed by atoms with van der Waals surface area (Å²) in [4.78, 5) is 12.0. The number of rotatable bonds is 6. The lowest BCUT2D eigenvalue weighted by molar-refractivity contribution is -0.156. The quantitative estimate of drug-likeness (QED) is 0.407. The van der Waals surface area contributed by atoms with E-state index in [4.69, 9.17) is 9.47 Å². The molecule has 1 aliphatic carbocycles. The fourth-order valence-corrected chi connectivity index (χ4v) is 2.67. The van der Waals surface area contributed by atoms with Gasteiger partial charge in [0.25, 0.3) is 0 Å². The molecule has 1 heterocycles. The highest BCUT2D eigenvalue weighted by atomic mass is 16.6. The molecule has 3 nitrogen and oxygen atoms in total. The van der Waals surface area contributed by atoms with E-state index < -0.39 is 0 Å². The van der Waals surface area contributed by atoms with Crippen molar-refractivity contribution in [2.24, 2.45) is 5.41 Å². The third kappa shape index (κ3) is 3.21. The number of esters is 1. The Kier molecular flexibility index (Phi) is 4.08. The number of fused-ring (bicyclic) bond motifs is 1. The maximum absolute atomic E-state index is 12.0. The van der Waals surface area contributed by atoms with Gasteiger partial charge in [0, 0.05) is 0 Å². The summed E-state index contributed by atoms with van der Waals surface area (Å²) in [6, 6.07) is 0. The predicted molar refractivity (Wildman–Crippen MR) is 65.7 cm³/mol. The van der Waals surface area contributed by atoms with Crippen LogP contribution in [-0.2, 0) is 14.3 Å². The molecule has 1 aliphatic heterocycles. The summed E-state index contributed by atoms with van der Waals surface area (Å²) in [7, 11) is 0. The van der Waals surface area contributed by atoms with Crippen molar-refractivity contribution >= 4 is 5.97 Å². The lowest BCUT2D eigenvalue weighted by atomic mass is 9.76. The second-order valence-corrected chi connectivity index (χ2v) is 5.71. The Morgan fingerprint density at radius 2 is 2.18 bits per heavy atom. The first-order chi connectivity index (χ1) is 8.15. The van der Waals surface area contributed by atoms with E-state index in [1.165, 1.54) is 12.8 Å². The van der Waals surface area contributed by atoms with Crippen LogP contribution in [0.1, 0.15) is 58.8 Å². The van der Waals surface area contributed by atoms with Gasteiger partial charge >= 0.3 is 5.97 Å². The summed E-state index contributed by atoms with van der Waals surface area (Å²) >= 11 is 0. The van der Waals surface area contributed by atoms with E-state index in [0.717, 1.165) is 32.1 Å². The van der Waals surface area contributed by atoms with Crippen molar-refractivity contribution in [2.75, 3.05) is 6.61 Å². The lowest BCUT2D eigenvalue weighted by Crippen LogP contribution is -2.35. The van der Waals surface area contributed by atoms with Gasteiger partial charge in [-0.3, -0.25) is 4.79 Å². The Morgan fingerprint density at radius 3 is 2.88 bits per heavy atom. The number of carbonyl (C=O) groups is 1. The van der Waals surface area contributed by atoms with Gasteiger partial charge in [-0.2, -0.15) is 0 Å². The Bertz CT molecular complexity index is 277. The van der Waals surface area contributed by atoms with Crippen LogP contribution in [0.3, 0.4) is 0 Å². The second kappa shape index (κ2) is 5.38. The van der Waals surface area contributed by atoms with E-state index in [0.29, 0.717) is 18.8 Å². The van der Waals surface area contributed by atoms with Crippen LogP contribution < -0.4 is 0 Å². The van der Waals surface area contributed by atoms with Crippen molar-refractivity contribution in [3.63, 3.8) is 0 Å². The number of hydrogen-bond acceptors (Lipinski definition) is 3. The number of unbranched alkanes of at least 4 members (excludes halogenated alkanes) is 3. The van der Waals surface area contributed by atoms with Crippen molar-refractivity contribution in [2.45, 2.75) is 71.0 Å². The Balaban J connectivity index is 1.67. The first-order valence-electron chi connectivity index (χ1n) is 6.98.